The molecule has 4 amide bonds. The van der Waals surface area contributed by atoms with E-state index in [1.807, 2.05) is 60.7 Å². The summed E-state index contributed by atoms with van der Waals surface area (Å²) in [6.07, 6.45) is 1.47. The third kappa shape index (κ3) is 7.24. The summed E-state index contributed by atoms with van der Waals surface area (Å²) in [5.41, 5.74) is 2.11. The van der Waals surface area contributed by atoms with E-state index in [4.69, 9.17) is 0 Å². The van der Waals surface area contributed by atoms with Gasteiger partial charge in [0.05, 0.1) is 4.92 Å². The topological polar surface area (TPSA) is 151 Å². The molecule has 2 aliphatic heterocycles. The summed E-state index contributed by atoms with van der Waals surface area (Å²) in [6.45, 7) is 0.361. The first kappa shape index (κ1) is 29.4. The summed E-state index contributed by atoms with van der Waals surface area (Å²) in [5.74, 6) is -1.90. The van der Waals surface area contributed by atoms with Crippen LogP contribution in [0.2, 0.25) is 0 Å². The number of carbonyl (C=O) groups excluding carboxylic acids is 4. The highest BCUT2D eigenvalue weighted by molar-refractivity contribution is 5.98. The van der Waals surface area contributed by atoms with Crippen LogP contribution in [0.1, 0.15) is 29.5 Å². The van der Waals surface area contributed by atoms with Gasteiger partial charge in [-0.2, -0.15) is 0 Å². The van der Waals surface area contributed by atoms with Crippen molar-refractivity contribution in [3.63, 3.8) is 0 Å². The van der Waals surface area contributed by atoms with Crippen LogP contribution >= 0.6 is 0 Å². The van der Waals surface area contributed by atoms with Gasteiger partial charge in [0.15, 0.2) is 0 Å². The van der Waals surface area contributed by atoms with Crippen LogP contribution in [0, 0.1) is 10.1 Å². The Balaban J connectivity index is 1.49. The molecule has 2 saturated heterocycles. The fraction of sp³-hybridized carbons (Fsp3) is 0.312. The number of nitro benzene ring substituents is 1. The largest absolute Gasteiger partial charge is 0.342 e. The molecule has 11 heteroatoms. The van der Waals surface area contributed by atoms with E-state index in [1.165, 1.54) is 29.2 Å². The Hall–Kier alpha value is -5.06. The highest BCUT2D eigenvalue weighted by atomic mass is 16.6. The van der Waals surface area contributed by atoms with Crippen molar-refractivity contribution in [2.24, 2.45) is 0 Å². The average Bonchev–Trinajstić information content (AvgIpc) is 3.51. The highest BCUT2D eigenvalue weighted by Gasteiger charge is 2.40. The summed E-state index contributed by atoms with van der Waals surface area (Å²) in [7, 11) is 0. The third-order valence-electron chi connectivity index (χ3n) is 7.87. The maximum Gasteiger partial charge on any atom is 0.269 e. The molecule has 222 valence electrons. The van der Waals surface area contributed by atoms with Crippen LogP contribution in [0.3, 0.4) is 0 Å². The quantitative estimate of drug-likeness (QED) is 0.286. The van der Waals surface area contributed by atoms with Crippen LogP contribution in [0.15, 0.2) is 84.9 Å². The minimum atomic E-state index is -1.12. The monoisotopic (exact) mass is 583 g/mol. The van der Waals surface area contributed by atoms with Crippen molar-refractivity contribution in [3.8, 4) is 0 Å². The van der Waals surface area contributed by atoms with E-state index in [0.29, 0.717) is 24.9 Å². The van der Waals surface area contributed by atoms with Crippen molar-refractivity contribution >= 4 is 29.3 Å². The van der Waals surface area contributed by atoms with Gasteiger partial charge < -0.3 is 20.9 Å². The molecule has 0 aromatic heterocycles. The first-order chi connectivity index (χ1) is 20.8. The number of hydrogen-bond donors (Lipinski definition) is 3. The number of nitrogens with zero attached hydrogens (tertiary/aromatic N) is 2. The molecule has 3 aromatic rings. The van der Waals surface area contributed by atoms with Crippen molar-refractivity contribution in [1.29, 1.82) is 0 Å². The Morgan fingerprint density at radius 3 is 1.65 bits per heavy atom. The number of benzene rings is 3. The summed E-state index contributed by atoms with van der Waals surface area (Å²) >= 11 is 0. The average molecular weight is 584 g/mol. The van der Waals surface area contributed by atoms with Gasteiger partial charge in [-0.05, 0) is 29.5 Å². The first-order valence-corrected chi connectivity index (χ1v) is 14.3. The van der Waals surface area contributed by atoms with Crippen LogP contribution in [0.5, 0.6) is 0 Å². The first-order valence-electron chi connectivity index (χ1n) is 14.3. The van der Waals surface area contributed by atoms with Gasteiger partial charge in [0.25, 0.3) is 5.69 Å². The summed E-state index contributed by atoms with van der Waals surface area (Å²) in [4.78, 5) is 67.2. The zero-order valence-corrected chi connectivity index (χ0v) is 23.5. The Bertz CT molecular complexity index is 1480. The molecule has 43 heavy (non-hydrogen) atoms. The molecule has 4 atom stereocenters. The van der Waals surface area contributed by atoms with Gasteiger partial charge in [0.1, 0.15) is 24.2 Å². The number of nitro groups is 1. The third-order valence-corrected chi connectivity index (χ3v) is 7.87. The number of rotatable bonds is 7. The molecule has 3 N–H and O–H groups in total. The Morgan fingerprint density at radius 2 is 1.12 bits per heavy atom. The molecular formula is C32H33N5O6. The molecule has 2 heterocycles. The van der Waals surface area contributed by atoms with Crippen LogP contribution in [-0.2, 0) is 38.4 Å². The Labute approximate surface area is 248 Å². The second-order valence-corrected chi connectivity index (χ2v) is 10.9. The zero-order valence-electron chi connectivity index (χ0n) is 23.5. The minimum Gasteiger partial charge on any atom is -0.342 e. The van der Waals surface area contributed by atoms with E-state index in [1.54, 1.807) is 0 Å². The highest BCUT2D eigenvalue weighted by Crippen LogP contribution is 2.21. The van der Waals surface area contributed by atoms with Gasteiger partial charge in [-0.3, -0.25) is 29.3 Å². The predicted molar refractivity (Wildman–Crippen MR) is 158 cm³/mol. The van der Waals surface area contributed by atoms with Crippen molar-refractivity contribution < 1.29 is 24.1 Å². The number of hydrogen-bond acceptors (Lipinski definition) is 6. The maximum atomic E-state index is 13.9. The lowest BCUT2D eigenvalue weighted by molar-refractivity contribution is -0.384. The fourth-order valence-electron chi connectivity index (χ4n) is 5.62. The second-order valence-electron chi connectivity index (χ2n) is 10.9. The molecule has 3 aromatic carbocycles. The summed E-state index contributed by atoms with van der Waals surface area (Å²) in [6, 6.07) is 20.3. The van der Waals surface area contributed by atoms with Crippen molar-refractivity contribution in [1.82, 2.24) is 20.9 Å². The van der Waals surface area contributed by atoms with E-state index >= 15 is 0 Å². The van der Waals surface area contributed by atoms with Gasteiger partial charge >= 0.3 is 0 Å². The lowest BCUT2D eigenvalue weighted by Crippen LogP contribution is -2.62. The molecule has 0 radical (unpaired) electrons. The number of carbonyl (C=O) groups is 4. The number of fused-ring (bicyclic) bond motifs is 1. The standard InChI is InChI=1S/C32H33N5O6/c38-29-26(18-21-8-3-1-4-9-21)34-31(40)28-12-7-17-36(28)32(41)27(20-22-10-5-2-6-11-22)35-30(39)25(33-29)19-23-13-15-24(16-14-23)37(42)43/h1-6,8-11,13-16,25-28H,7,12,17-20H2,(H,33,38)(H,34,40)(H,35,39)/t25-,26+,27+,28-/m1/s1. The van der Waals surface area contributed by atoms with Gasteiger partial charge in [0.2, 0.25) is 23.6 Å². The normalized spacial score (nSPS) is 22.8. The van der Waals surface area contributed by atoms with Crippen molar-refractivity contribution in [2.45, 2.75) is 56.3 Å². The van der Waals surface area contributed by atoms with Crippen LogP contribution < -0.4 is 16.0 Å². The SMILES string of the molecule is O=C1N[C@H](Cc2ccc([N+](=O)[O-])cc2)C(=O)N[C@@H](Cc2ccccc2)C(=O)N2CCC[C@@H]2C(=O)N[C@H]1Cc1ccccc1. The van der Waals surface area contributed by atoms with E-state index in [-0.39, 0.29) is 30.9 Å². The molecule has 0 saturated carbocycles. The van der Waals surface area contributed by atoms with E-state index in [2.05, 4.69) is 16.0 Å². The molecule has 0 unspecified atom stereocenters. The molecule has 5 rings (SSSR count). The number of amides is 4. The van der Waals surface area contributed by atoms with E-state index in [0.717, 1.165) is 11.1 Å². The number of non-ortho nitro benzene ring substituents is 1. The van der Waals surface area contributed by atoms with Gasteiger partial charge in [-0.15, -0.1) is 0 Å². The Kier molecular flexibility index (Phi) is 9.09. The predicted octanol–water partition coefficient (Wildman–Crippen LogP) is 2.08. The maximum absolute atomic E-state index is 13.9. The van der Waals surface area contributed by atoms with Crippen LogP contribution in [0.4, 0.5) is 5.69 Å². The van der Waals surface area contributed by atoms with Crippen LogP contribution in [-0.4, -0.2) is 64.2 Å². The molecule has 2 fully saturated rings. The zero-order chi connectivity index (χ0) is 30.3. The summed E-state index contributed by atoms with van der Waals surface area (Å²) in [5, 5.41) is 19.6. The van der Waals surface area contributed by atoms with Gasteiger partial charge in [-0.1, -0.05) is 72.8 Å². The molecule has 0 aliphatic carbocycles. The number of nitrogens with one attached hydrogen (secondary N) is 3. The van der Waals surface area contributed by atoms with Crippen molar-refractivity contribution in [2.75, 3.05) is 6.54 Å². The van der Waals surface area contributed by atoms with Crippen LogP contribution in [0.25, 0.3) is 0 Å². The van der Waals surface area contributed by atoms with Gasteiger partial charge in [-0.25, -0.2) is 0 Å². The fourth-order valence-corrected chi connectivity index (χ4v) is 5.62. The molecular weight excluding hydrogens is 550 g/mol. The van der Waals surface area contributed by atoms with E-state index in [9.17, 15) is 29.3 Å². The van der Waals surface area contributed by atoms with E-state index < -0.39 is 46.8 Å². The minimum absolute atomic E-state index is 0.0140. The smallest absolute Gasteiger partial charge is 0.269 e. The molecule has 0 spiro atoms. The Morgan fingerprint density at radius 1 is 0.651 bits per heavy atom. The van der Waals surface area contributed by atoms with Gasteiger partial charge in [0, 0.05) is 37.9 Å². The lowest BCUT2D eigenvalue weighted by Gasteiger charge is -2.32. The molecule has 2 aliphatic rings. The molecule has 11 nitrogen and oxygen atoms in total. The molecule has 0 bridgehead atoms. The summed E-state index contributed by atoms with van der Waals surface area (Å²) < 4.78 is 0. The lowest BCUT2D eigenvalue weighted by atomic mass is 9.99. The second kappa shape index (κ2) is 13.3. The van der Waals surface area contributed by atoms with Crippen molar-refractivity contribution in [3.05, 3.63) is 112 Å².